The zero-order chi connectivity index (χ0) is 14.5. The molecule has 2 aromatic rings. The van der Waals surface area contributed by atoms with Crippen molar-refractivity contribution in [2.24, 2.45) is 0 Å². The molecule has 3 nitrogen and oxygen atoms in total. The second kappa shape index (κ2) is 6.61. The highest BCUT2D eigenvalue weighted by molar-refractivity contribution is 9.10. The van der Waals surface area contributed by atoms with Gasteiger partial charge in [-0.25, -0.2) is 4.39 Å². The fourth-order valence-electron chi connectivity index (χ4n) is 1.80. The number of carbonyl (C=O) groups is 1. The Bertz CT molecular complexity index is 604. The summed E-state index contributed by atoms with van der Waals surface area (Å²) in [7, 11) is 1.66. The van der Waals surface area contributed by atoms with Gasteiger partial charge >= 0.3 is 0 Å². The van der Waals surface area contributed by atoms with Crippen molar-refractivity contribution in [1.82, 2.24) is 9.88 Å². The maximum absolute atomic E-state index is 13.7. The SMILES string of the molecule is CN(CCc1ccccn1)C(=O)c1ccc(Br)cc1F. The highest BCUT2D eigenvalue weighted by Gasteiger charge is 2.16. The Hall–Kier alpha value is -1.75. The number of halogens is 2. The average Bonchev–Trinajstić information content (AvgIpc) is 2.45. The molecular formula is C15H14BrFN2O. The molecule has 0 atom stereocenters. The Balaban J connectivity index is 2.01. The molecule has 0 aliphatic rings. The first-order chi connectivity index (χ1) is 9.58. The minimum Gasteiger partial charge on any atom is -0.341 e. The molecular weight excluding hydrogens is 323 g/mol. The normalized spacial score (nSPS) is 10.3. The van der Waals surface area contributed by atoms with Gasteiger partial charge in [0.1, 0.15) is 5.82 Å². The van der Waals surface area contributed by atoms with Crippen molar-refractivity contribution < 1.29 is 9.18 Å². The highest BCUT2D eigenvalue weighted by Crippen LogP contribution is 2.16. The molecule has 0 aliphatic carbocycles. The third-order valence-electron chi connectivity index (χ3n) is 2.94. The maximum atomic E-state index is 13.7. The maximum Gasteiger partial charge on any atom is 0.256 e. The summed E-state index contributed by atoms with van der Waals surface area (Å²) >= 11 is 3.17. The van der Waals surface area contributed by atoms with Gasteiger partial charge in [-0.1, -0.05) is 22.0 Å². The minimum atomic E-state index is -0.519. The van der Waals surface area contributed by atoms with E-state index < -0.39 is 5.82 Å². The number of rotatable bonds is 4. The van der Waals surface area contributed by atoms with Gasteiger partial charge in [0.2, 0.25) is 0 Å². The molecule has 0 bridgehead atoms. The summed E-state index contributed by atoms with van der Waals surface area (Å²) in [6.07, 6.45) is 2.35. The van der Waals surface area contributed by atoms with Crippen LogP contribution in [0.3, 0.4) is 0 Å². The van der Waals surface area contributed by atoms with Gasteiger partial charge in [-0.3, -0.25) is 9.78 Å². The van der Waals surface area contributed by atoms with E-state index in [0.717, 1.165) is 5.69 Å². The molecule has 0 radical (unpaired) electrons. The lowest BCUT2D eigenvalue weighted by Crippen LogP contribution is -2.29. The molecule has 104 valence electrons. The molecule has 0 spiro atoms. The van der Waals surface area contributed by atoms with Crippen molar-refractivity contribution in [3.05, 3.63) is 64.1 Å². The van der Waals surface area contributed by atoms with Gasteiger partial charge in [0.15, 0.2) is 0 Å². The first kappa shape index (κ1) is 14.7. The molecule has 0 aliphatic heterocycles. The van der Waals surface area contributed by atoms with Gasteiger partial charge in [0, 0.05) is 36.4 Å². The third-order valence-corrected chi connectivity index (χ3v) is 3.43. The summed E-state index contributed by atoms with van der Waals surface area (Å²) in [6, 6.07) is 10.1. The van der Waals surface area contributed by atoms with Crippen LogP contribution in [0.15, 0.2) is 47.1 Å². The molecule has 1 aromatic heterocycles. The van der Waals surface area contributed by atoms with Crippen LogP contribution in [0.25, 0.3) is 0 Å². The smallest absolute Gasteiger partial charge is 0.256 e. The van der Waals surface area contributed by atoms with E-state index in [4.69, 9.17) is 0 Å². The number of benzene rings is 1. The van der Waals surface area contributed by atoms with E-state index in [9.17, 15) is 9.18 Å². The molecule has 0 saturated heterocycles. The van der Waals surface area contributed by atoms with E-state index in [1.165, 1.54) is 17.0 Å². The van der Waals surface area contributed by atoms with Crippen LogP contribution in [-0.4, -0.2) is 29.4 Å². The van der Waals surface area contributed by atoms with Crippen LogP contribution in [0.5, 0.6) is 0 Å². The fraction of sp³-hybridized carbons (Fsp3) is 0.200. The molecule has 0 unspecified atom stereocenters. The van der Waals surface area contributed by atoms with Crippen molar-refractivity contribution in [1.29, 1.82) is 0 Å². The number of hydrogen-bond donors (Lipinski definition) is 0. The second-order valence-corrected chi connectivity index (χ2v) is 5.34. The number of aromatic nitrogens is 1. The average molecular weight is 337 g/mol. The lowest BCUT2D eigenvalue weighted by molar-refractivity contribution is 0.0791. The van der Waals surface area contributed by atoms with Crippen LogP contribution < -0.4 is 0 Å². The van der Waals surface area contributed by atoms with Gasteiger partial charge in [0.05, 0.1) is 5.56 Å². The third kappa shape index (κ3) is 3.63. The monoisotopic (exact) mass is 336 g/mol. The van der Waals surface area contributed by atoms with Crippen molar-refractivity contribution in [3.8, 4) is 0 Å². The molecule has 1 amide bonds. The topological polar surface area (TPSA) is 33.2 Å². The van der Waals surface area contributed by atoms with Crippen molar-refractivity contribution in [3.63, 3.8) is 0 Å². The van der Waals surface area contributed by atoms with Crippen LogP contribution in [-0.2, 0) is 6.42 Å². The Morgan fingerprint density at radius 2 is 2.15 bits per heavy atom. The summed E-state index contributed by atoms with van der Waals surface area (Å²) < 4.78 is 14.3. The Morgan fingerprint density at radius 3 is 2.80 bits per heavy atom. The summed E-state index contributed by atoms with van der Waals surface area (Å²) in [4.78, 5) is 17.8. The van der Waals surface area contributed by atoms with Gasteiger partial charge in [-0.15, -0.1) is 0 Å². The highest BCUT2D eigenvalue weighted by atomic mass is 79.9. The van der Waals surface area contributed by atoms with Crippen LogP contribution in [0.1, 0.15) is 16.1 Å². The first-order valence-electron chi connectivity index (χ1n) is 6.18. The van der Waals surface area contributed by atoms with E-state index in [2.05, 4.69) is 20.9 Å². The number of hydrogen-bond acceptors (Lipinski definition) is 2. The summed E-state index contributed by atoms with van der Waals surface area (Å²) in [5.74, 6) is -0.847. The second-order valence-electron chi connectivity index (χ2n) is 4.42. The van der Waals surface area contributed by atoms with Crippen molar-refractivity contribution >= 4 is 21.8 Å². The molecule has 5 heteroatoms. The Kier molecular flexibility index (Phi) is 4.84. The first-order valence-corrected chi connectivity index (χ1v) is 6.97. The zero-order valence-corrected chi connectivity index (χ0v) is 12.6. The number of likely N-dealkylation sites (N-methyl/N-ethyl adjacent to an activating group) is 1. The van der Waals surface area contributed by atoms with E-state index in [1.54, 1.807) is 19.3 Å². The van der Waals surface area contributed by atoms with Gasteiger partial charge < -0.3 is 4.90 Å². The van der Waals surface area contributed by atoms with Crippen LogP contribution in [0.4, 0.5) is 4.39 Å². The molecule has 1 aromatic carbocycles. The zero-order valence-electron chi connectivity index (χ0n) is 11.0. The Labute approximate surface area is 125 Å². The van der Waals surface area contributed by atoms with E-state index in [0.29, 0.717) is 17.4 Å². The van der Waals surface area contributed by atoms with E-state index in [-0.39, 0.29) is 11.5 Å². The molecule has 0 N–H and O–H groups in total. The Morgan fingerprint density at radius 1 is 1.35 bits per heavy atom. The number of amides is 1. The van der Waals surface area contributed by atoms with Crippen molar-refractivity contribution in [2.45, 2.75) is 6.42 Å². The molecule has 20 heavy (non-hydrogen) atoms. The van der Waals surface area contributed by atoms with E-state index in [1.807, 2.05) is 18.2 Å². The standard InChI is InChI=1S/C15H14BrFN2O/c1-19(9-7-12-4-2-3-8-18-12)15(20)13-6-5-11(16)10-14(13)17/h2-6,8,10H,7,9H2,1H3. The largest absolute Gasteiger partial charge is 0.341 e. The molecule has 1 heterocycles. The predicted octanol–water partition coefficient (Wildman–Crippen LogP) is 3.30. The molecule has 0 fully saturated rings. The molecule has 0 saturated carbocycles. The van der Waals surface area contributed by atoms with Gasteiger partial charge in [-0.05, 0) is 30.3 Å². The van der Waals surface area contributed by atoms with Gasteiger partial charge in [0.25, 0.3) is 5.91 Å². The summed E-state index contributed by atoms with van der Waals surface area (Å²) in [5, 5.41) is 0. The molecule has 2 rings (SSSR count). The lowest BCUT2D eigenvalue weighted by Gasteiger charge is -2.17. The van der Waals surface area contributed by atoms with Crippen LogP contribution in [0.2, 0.25) is 0 Å². The number of pyridine rings is 1. The van der Waals surface area contributed by atoms with Crippen LogP contribution in [0, 0.1) is 5.82 Å². The predicted molar refractivity (Wildman–Crippen MR) is 79.0 cm³/mol. The minimum absolute atomic E-state index is 0.0803. The number of nitrogens with zero attached hydrogens (tertiary/aromatic N) is 2. The van der Waals surface area contributed by atoms with E-state index >= 15 is 0 Å². The van der Waals surface area contributed by atoms with Crippen LogP contribution >= 0.6 is 15.9 Å². The summed E-state index contributed by atoms with van der Waals surface area (Å²) in [6.45, 7) is 0.491. The lowest BCUT2D eigenvalue weighted by atomic mass is 10.2. The fourth-order valence-corrected chi connectivity index (χ4v) is 2.13. The number of carbonyl (C=O) groups excluding carboxylic acids is 1. The van der Waals surface area contributed by atoms with Crippen molar-refractivity contribution in [2.75, 3.05) is 13.6 Å². The summed E-state index contributed by atoms with van der Waals surface area (Å²) in [5.41, 5.74) is 0.986. The van der Waals surface area contributed by atoms with Gasteiger partial charge in [-0.2, -0.15) is 0 Å². The quantitative estimate of drug-likeness (QED) is 0.858.